The fourth-order valence-electron chi connectivity index (χ4n) is 5.05. The van der Waals surface area contributed by atoms with E-state index in [0.717, 1.165) is 29.7 Å². The number of piperidine rings is 1. The van der Waals surface area contributed by atoms with Gasteiger partial charge in [0.2, 0.25) is 0 Å². The van der Waals surface area contributed by atoms with Crippen LogP contribution >= 0.6 is 0 Å². The van der Waals surface area contributed by atoms with Gasteiger partial charge in [-0.15, -0.1) is 0 Å². The van der Waals surface area contributed by atoms with Crippen LogP contribution in [0, 0.1) is 18.3 Å². The average molecular weight is 444 g/mol. The van der Waals surface area contributed by atoms with Gasteiger partial charge >= 0.3 is 0 Å². The van der Waals surface area contributed by atoms with Crippen molar-refractivity contribution in [2.24, 2.45) is 0 Å². The van der Waals surface area contributed by atoms with E-state index in [2.05, 4.69) is 27.5 Å². The number of rotatable bonds is 4. The number of aromatic amines is 1. The number of hydrogen-bond acceptors (Lipinski definition) is 4. The fourth-order valence-corrected chi connectivity index (χ4v) is 5.05. The maximum Gasteiger partial charge on any atom is 0.254 e. The first-order valence-electron chi connectivity index (χ1n) is 11.5. The summed E-state index contributed by atoms with van der Waals surface area (Å²) in [4.78, 5) is 15.2. The lowest BCUT2D eigenvalue weighted by molar-refractivity contribution is 0.0420. The van der Waals surface area contributed by atoms with E-state index in [1.807, 2.05) is 13.0 Å². The Labute approximate surface area is 192 Å². The van der Waals surface area contributed by atoms with Crippen molar-refractivity contribution in [3.63, 3.8) is 0 Å². The normalized spacial score (nSPS) is 17.9. The van der Waals surface area contributed by atoms with E-state index in [1.54, 1.807) is 35.4 Å². The Morgan fingerprint density at radius 1 is 1.24 bits per heavy atom. The molecule has 1 aliphatic heterocycles. The Balaban J connectivity index is 1.40. The van der Waals surface area contributed by atoms with Crippen molar-refractivity contribution in [3.8, 4) is 17.3 Å². The molecule has 2 aromatic carbocycles. The minimum Gasteiger partial charge on any atom is -0.338 e. The smallest absolute Gasteiger partial charge is 0.254 e. The molecule has 2 aliphatic rings. The second-order valence-corrected chi connectivity index (χ2v) is 9.15. The quantitative estimate of drug-likeness (QED) is 0.613. The van der Waals surface area contributed by atoms with Gasteiger partial charge in [0.05, 0.1) is 17.8 Å². The van der Waals surface area contributed by atoms with Gasteiger partial charge in [-0.3, -0.25) is 4.79 Å². The molecule has 168 valence electrons. The zero-order chi connectivity index (χ0) is 23.0. The summed E-state index contributed by atoms with van der Waals surface area (Å²) < 4.78 is 15.8. The highest BCUT2D eigenvalue weighted by atomic mass is 19.1. The molecule has 1 saturated heterocycles. The third kappa shape index (κ3) is 3.80. The molecule has 0 spiro atoms. The van der Waals surface area contributed by atoms with Crippen molar-refractivity contribution in [2.45, 2.75) is 50.6 Å². The molecule has 3 aromatic rings. The SMILES string of the molecule is Cc1cc(C2CCC2)c(-c2cn[nH]n2)cc1C(=O)N1CCC(F)(c2ccccc2C#N)CC1. The van der Waals surface area contributed by atoms with Crippen LogP contribution in [0.25, 0.3) is 11.3 Å². The first-order valence-corrected chi connectivity index (χ1v) is 11.5. The summed E-state index contributed by atoms with van der Waals surface area (Å²) in [5, 5.41) is 20.3. The molecule has 0 radical (unpaired) electrons. The number of nitrogens with zero attached hydrogens (tertiary/aromatic N) is 4. The lowest BCUT2D eigenvalue weighted by Crippen LogP contribution is -2.43. The topological polar surface area (TPSA) is 85.7 Å². The second-order valence-electron chi connectivity index (χ2n) is 9.15. The van der Waals surface area contributed by atoms with E-state index in [9.17, 15) is 10.1 Å². The van der Waals surface area contributed by atoms with E-state index in [1.165, 1.54) is 12.0 Å². The largest absolute Gasteiger partial charge is 0.338 e. The van der Waals surface area contributed by atoms with Crippen LogP contribution in [0.1, 0.15) is 70.6 Å². The number of aromatic nitrogens is 3. The Morgan fingerprint density at radius 2 is 2.00 bits per heavy atom. The highest BCUT2D eigenvalue weighted by Crippen LogP contribution is 2.42. The zero-order valence-electron chi connectivity index (χ0n) is 18.6. The molecule has 1 saturated carbocycles. The summed E-state index contributed by atoms with van der Waals surface area (Å²) >= 11 is 0. The number of amides is 1. The summed E-state index contributed by atoms with van der Waals surface area (Å²) in [6.45, 7) is 2.57. The van der Waals surface area contributed by atoms with Gasteiger partial charge in [-0.25, -0.2) is 4.39 Å². The van der Waals surface area contributed by atoms with E-state index in [-0.39, 0.29) is 18.7 Å². The maximum absolute atomic E-state index is 15.8. The van der Waals surface area contributed by atoms with Crippen molar-refractivity contribution in [1.82, 2.24) is 20.3 Å². The summed E-state index contributed by atoms with van der Waals surface area (Å²) in [6, 6.07) is 13.0. The number of H-pyrrole nitrogens is 1. The number of hydrogen-bond donors (Lipinski definition) is 1. The molecule has 6 nitrogen and oxygen atoms in total. The van der Waals surface area contributed by atoms with Crippen LogP contribution in [-0.4, -0.2) is 39.3 Å². The van der Waals surface area contributed by atoms with Gasteiger partial charge in [0.15, 0.2) is 0 Å². The monoisotopic (exact) mass is 443 g/mol. The number of aryl methyl sites for hydroxylation is 1. The average Bonchev–Trinajstić information content (AvgIpc) is 3.33. The Hall–Kier alpha value is -3.53. The number of carbonyl (C=O) groups excluding carboxylic acids is 1. The minimum atomic E-state index is -1.60. The molecular formula is C26H26FN5O. The van der Waals surface area contributed by atoms with Crippen LogP contribution in [0.4, 0.5) is 4.39 Å². The molecule has 1 aliphatic carbocycles. The molecule has 2 heterocycles. The first-order chi connectivity index (χ1) is 16.0. The van der Waals surface area contributed by atoms with Crippen LogP contribution in [0.3, 0.4) is 0 Å². The summed E-state index contributed by atoms with van der Waals surface area (Å²) in [5.74, 6) is 0.398. The highest BCUT2D eigenvalue weighted by molar-refractivity contribution is 5.97. The van der Waals surface area contributed by atoms with Gasteiger partial charge in [0, 0.05) is 42.6 Å². The molecule has 7 heteroatoms. The van der Waals surface area contributed by atoms with Crippen LogP contribution in [0.5, 0.6) is 0 Å². The number of likely N-dealkylation sites (tertiary alicyclic amines) is 1. The van der Waals surface area contributed by atoms with Gasteiger partial charge in [-0.05, 0) is 48.9 Å². The lowest BCUT2D eigenvalue weighted by atomic mass is 9.76. The molecule has 0 atom stereocenters. The molecular weight excluding hydrogens is 417 g/mol. The Kier molecular flexibility index (Phi) is 5.45. The van der Waals surface area contributed by atoms with Gasteiger partial charge in [-0.2, -0.15) is 20.7 Å². The van der Waals surface area contributed by atoms with Crippen LogP contribution < -0.4 is 0 Å². The van der Waals surface area contributed by atoms with Crippen molar-refractivity contribution in [2.75, 3.05) is 13.1 Å². The van der Waals surface area contributed by atoms with Gasteiger partial charge in [0.1, 0.15) is 11.4 Å². The fraction of sp³-hybridized carbons (Fsp3) is 0.385. The Bertz CT molecular complexity index is 1220. The van der Waals surface area contributed by atoms with Gasteiger partial charge in [-0.1, -0.05) is 30.7 Å². The zero-order valence-corrected chi connectivity index (χ0v) is 18.6. The molecule has 5 rings (SSSR count). The number of nitrogens with one attached hydrogen (secondary N) is 1. The van der Waals surface area contributed by atoms with Gasteiger partial charge < -0.3 is 4.90 Å². The predicted octanol–water partition coefficient (Wildman–Crippen LogP) is 5.02. The molecule has 0 bridgehead atoms. The molecule has 1 amide bonds. The van der Waals surface area contributed by atoms with Crippen molar-refractivity contribution in [1.29, 1.82) is 5.26 Å². The van der Waals surface area contributed by atoms with Crippen molar-refractivity contribution in [3.05, 3.63) is 70.4 Å². The van der Waals surface area contributed by atoms with E-state index < -0.39 is 5.67 Å². The van der Waals surface area contributed by atoms with E-state index in [4.69, 9.17) is 0 Å². The number of benzene rings is 2. The van der Waals surface area contributed by atoms with Gasteiger partial charge in [0.25, 0.3) is 5.91 Å². The first kappa shape index (κ1) is 21.3. The predicted molar refractivity (Wildman–Crippen MR) is 122 cm³/mol. The van der Waals surface area contributed by atoms with Crippen LogP contribution in [-0.2, 0) is 5.67 Å². The Morgan fingerprint density at radius 3 is 2.64 bits per heavy atom. The van der Waals surface area contributed by atoms with Crippen molar-refractivity contribution < 1.29 is 9.18 Å². The standard InChI is InChI=1S/C26H26FN5O/c1-17-13-21(18-6-4-7-18)22(24-16-29-31-30-24)14-20(17)25(33)32-11-9-26(27,10-12-32)23-8-3-2-5-19(23)15-28/h2-3,5,8,13-14,16,18H,4,6-7,9-12H2,1H3,(H,29,30,31). The molecule has 1 N–H and O–H groups in total. The van der Waals surface area contributed by atoms with E-state index in [0.29, 0.717) is 35.7 Å². The minimum absolute atomic E-state index is 0.0898. The summed E-state index contributed by atoms with van der Waals surface area (Å²) in [6.07, 6.45) is 5.54. The van der Waals surface area contributed by atoms with E-state index >= 15 is 4.39 Å². The third-order valence-corrected chi connectivity index (χ3v) is 7.24. The second kappa shape index (κ2) is 8.43. The number of alkyl halides is 1. The van der Waals surface area contributed by atoms with Crippen LogP contribution in [0.15, 0.2) is 42.6 Å². The molecule has 1 aromatic heterocycles. The number of halogens is 1. The number of nitriles is 1. The summed E-state index contributed by atoms with van der Waals surface area (Å²) in [5.41, 5.74) is 3.65. The molecule has 2 fully saturated rings. The molecule has 0 unspecified atom stereocenters. The molecule has 33 heavy (non-hydrogen) atoms. The maximum atomic E-state index is 15.8. The summed E-state index contributed by atoms with van der Waals surface area (Å²) in [7, 11) is 0. The number of carbonyl (C=O) groups is 1. The third-order valence-electron chi connectivity index (χ3n) is 7.24. The highest BCUT2D eigenvalue weighted by Gasteiger charge is 2.39. The van der Waals surface area contributed by atoms with Crippen molar-refractivity contribution >= 4 is 5.91 Å². The van der Waals surface area contributed by atoms with Crippen LogP contribution in [0.2, 0.25) is 0 Å². The lowest BCUT2D eigenvalue weighted by Gasteiger charge is -2.37.